The van der Waals surface area contributed by atoms with Gasteiger partial charge < -0.3 is 39.7 Å². The number of fused-ring (bicyclic) bond motifs is 1. The number of benzene rings is 1. The number of carboxylic acids is 1. The lowest BCUT2D eigenvalue weighted by Gasteiger charge is -2.40. The van der Waals surface area contributed by atoms with E-state index >= 15 is 0 Å². The van der Waals surface area contributed by atoms with E-state index in [4.69, 9.17) is 9.39 Å². The largest absolute Gasteiger partial charge is 0.669 e. The second-order valence-electron chi connectivity index (χ2n) is 9.44. The third-order valence-electron chi connectivity index (χ3n) is 6.67. The van der Waals surface area contributed by atoms with Crippen LogP contribution in [0.15, 0.2) is 24.4 Å². The van der Waals surface area contributed by atoms with Crippen LogP contribution >= 0.6 is 0 Å². The van der Waals surface area contributed by atoms with Crippen LogP contribution in [0.25, 0.3) is 0 Å². The Morgan fingerprint density at radius 2 is 2.06 bits per heavy atom. The third kappa shape index (κ3) is 4.95. The molecule has 0 aromatic heterocycles. The Bertz CT molecular complexity index is 962. The SMILES string of the molecule is C=C([C@H]1C[C@@H](CC(=O)N2CC(Oc3ccc4c(c3C(=O)O)O[B-](O)(O)CC4)C2)CN1)N(C)C. The maximum atomic E-state index is 12.7. The molecule has 2 saturated heterocycles. The highest BCUT2D eigenvalue weighted by Gasteiger charge is 2.37. The van der Waals surface area contributed by atoms with E-state index in [2.05, 4.69) is 11.9 Å². The molecule has 33 heavy (non-hydrogen) atoms. The lowest BCUT2D eigenvalue weighted by atomic mass is 9.70. The number of amides is 1. The van der Waals surface area contributed by atoms with Crippen LogP contribution in [0.4, 0.5) is 0 Å². The van der Waals surface area contributed by atoms with Crippen LogP contribution in [0.3, 0.4) is 0 Å². The van der Waals surface area contributed by atoms with E-state index in [-0.39, 0.29) is 47.4 Å². The van der Waals surface area contributed by atoms with E-state index in [9.17, 15) is 24.7 Å². The van der Waals surface area contributed by atoms with Crippen molar-refractivity contribution in [1.29, 1.82) is 0 Å². The van der Waals surface area contributed by atoms with Gasteiger partial charge in [-0.2, -0.15) is 0 Å². The molecule has 1 aromatic rings. The first-order chi connectivity index (χ1) is 15.5. The molecule has 3 aliphatic rings. The molecule has 11 heteroatoms. The average Bonchev–Trinajstić information content (AvgIpc) is 3.16. The molecule has 0 bridgehead atoms. The predicted octanol–water partition coefficient (Wildman–Crippen LogP) is 0.276. The maximum absolute atomic E-state index is 12.7. The summed E-state index contributed by atoms with van der Waals surface area (Å²) in [7, 11) is 3.91. The number of hydrogen-bond donors (Lipinski definition) is 4. The zero-order valence-corrected chi connectivity index (χ0v) is 19.0. The van der Waals surface area contributed by atoms with Gasteiger partial charge >= 0.3 is 12.7 Å². The van der Waals surface area contributed by atoms with Crippen molar-refractivity contribution in [2.75, 3.05) is 33.7 Å². The van der Waals surface area contributed by atoms with Crippen molar-refractivity contribution in [2.45, 2.75) is 37.7 Å². The normalized spacial score (nSPS) is 23.8. The van der Waals surface area contributed by atoms with Gasteiger partial charge in [0.25, 0.3) is 0 Å². The molecule has 10 nitrogen and oxygen atoms in total. The highest BCUT2D eigenvalue weighted by molar-refractivity contribution is 6.59. The van der Waals surface area contributed by atoms with Crippen molar-refractivity contribution < 1.29 is 34.1 Å². The summed E-state index contributed by atoms with van der Waals surface area (Å²) in [5.41, 5.74) is 1.37. The quantitative estimate of drug-likeness (QED) is 0.424. The molecule has 0 unspecified atom stereocenters. The number of ether oxygens (including phenoxy) is 1. The van der Waals surface area contributed by atoms with Crippen molar-refractivity contribution in [3.8, 4) is 11.5 Å². The molecule has 0 aliphatic carbocycles. The number of rotatable bonds is 7. The standard InChI is InChI=1S/C22H31BN3O7/c1-13(25(2)3)17-8-14(10-24-17)9-19(27)26-11-16(12-26)32-18-5-4-15-6-7-23(30,31)33-21(15)20(18)22(28)29/h4-5,14,16-17,24,30-31H,1,6-12H2,2-3H3,(H,28,29)/q-1/t14-,17+/m0/s1. The molecule has 4 N–H and O–H groups in total. The molecule has 180 valence electrons. The highest BCUT2D eigenvalue weighted by atomic mass is 16.6. The molecule has 1 amide bonds. The summed E-state index contributed by atoms with van der Waals surface area (Å²) in [6.45, 7) is 2.51. The Labute approximate surface area is 192 Å². The summed E-state index contributed by atoms with van der Waals surface area (Å²) in [6.07, 6.45) is 1.28. The molecule has 0 saturated carbocycles. The zero-order chi connectivity index (χ0) is 23.9. The van der Waals surface area contributed by atoms with Crippen molar-refractivity contribution in [3.05, 3.63) is 35.5 Å². The van der Waals surface area contributed by atoms with Crippen LogP contribution in [0.5, 0.6) is 11.5 Å². The molecule has 3 aliphatic heterocycles. The molecular formula is C22H31BN3O7-. The first kappa shape index (κ1) is 23.4. The molecule has 3 heterocycles. The monoisotopic (exact) mass is 460 g/mol. The number of carbonyl (C=O) groups excluding carboxylic acids is 1. The average molecular weight is 460 g/mol. The third-order valence-corrected chi connectivity index (χ3v) is 6.67. The number of hydrogen-bond acceptors (Lipinski definition) is 8. The smallest absolute Gasteiger partial charge is 0.430 e. The van der Waals surface area contributed by atoms with Crippen molar-refractivity contribution in [3.63, 3.8) is 0 Å². The van der Waals surface area contributed by atoms with Crippen LogP contribution in [-0.2, 0) is 11.2 Å². The van der Waals surface area contributed by atoms with Crippen molar-refractivity contribution in [2.24, 2.45) is 5.92 Å². The van der Waals surface area contributed by atoms with Gasteiger partial charge in [-0.1, -0.05) is 19.0 Å². The van der Waals surface area contributed by atoms with E-state index in [1.54, 1.807) is 17.0 Å². The lowest BCUT2D eigenvalue weighted by molar-refractivity contribution is -0.140. The Balaban J connectivity index is 1.33. The van der Waals surface area contributed by atoms with Gasteiger partial charge in [-0.25, -0.2) is 4.79 Å². The number of likely N-dealkylation sites (N-methyl/N-ethyl adjacent to an activating group) is 1. The van der Waals surface area contributed by atoms with Crippen molar-refractivity contribution in [1.82, 2.24) is 15.1 Å². The van der Waals surface area contributed by atoms with Gasteiger partial charge in [0.05, 0.1) is 18.8 Å². The maximum Gasteiger partial charge on any atom is 0.430 e. The van der Waals surface area contributed by atoms with Gasteiger partial charge in [-0.05, 0) is 36.9 Å². The Hall–Kier alpha value is -2.76. The van der Waals surface area contributed by atoms with Gasteiger partial charge in [0, 0.05) is 32.3 Å². The fourth-order valence-corrected chi connectivity index (χ4v) is 4.63. The molecule has 2 atom stereocenters. The van der Waals surface area contributed by atoms with Crippen LogP contribution in [0.1, 0.15) is 28.8 Å². The molecular weight excluding hydrogens is 429 g/mol. The van der Waals surface area contributed by atoms with Gasteiger partial charge in [-0.3, -0.25) is 4.79 Å². The van der Waals surface area contributed by atoms with E-state index in [0.717, 1.165) is 18.7 Å². The number of nitrogens with one attached hydrogen (secondary N) is 1. The summed E-state index contributed by atoms with van der Waals surface area (Å²) in [5, 5.41) is 32.8. The topological polar surface area (TPSA) is 132 Å². The van der Waals surface area contributed by atoms with Gasteiger partial charge in [0.1, 0.15) is 17.4 Å². The summed E-state index contributed by atoms with van der Waals surface area (Å²) in [6, 6.07) is 3.42. The van der Waals surface area contributed by atoms with Crippen LogP contribution in [0, 0.1) is 5.92 Å². The van der Waals surface area contributed by atoms with Gasteiger partial charge in [-0.15, -0.1) is 0 Å². The van der Waals surface area contributed by atoms with E-state index in [1.807, 2.05) is 19.0 Å². The first-order valence-electron chi connectivity index (χ1n) is 11.3. The fourth-order valence-electron chi connectivity index (χ4n) is 4.63. The number of aromatic carboxylic acids is 1. The van der Waals surface area contributed by atoms with Gasteiger partial charge in [0.2, 0.25) is 5.91 Å². The number of carbonyl (C=O) groups is 2. The van der Waals surface area contributed by atoms with E-state index < -0.39 is 12.7 Å². The molecule has 0 spiro atoms. The van der Waals surface area contributed by atoms with Crippen LogP contribution in [-0.4, -0.2) is 89.5 Å². The predicted molar refractivity (Wildman–Crippen MR) is 121 cm³/mol. The van der Waals surface area contributed by atoms with E-state index in [1.165, 1.54) is 0 Å². The first-order valence-corrected chi connectivity index (χ1v) is 11.3. The Kier molecular flexibility index (Phi) is 6.30. The number of likely N-dealkylation sites (tertiary alicyclic amines) is 1. The van der Waals surface area contributed by atoms with Gasteiger partial charge in [0.15, 0.2) is 0 Å². The molecule has 1 aromatic carbocycles. The summed E-state index contributed by atoms with van der Waals surface area (Å²) < 4.78 is 11.1. The summed E-state index contributed by atoms with van der Waals surface area (Å²) in [5.74, 6) is -0.944. The Morgan fingerprint density at radius 3 is 2.73 bits per heavy atom. The minimum absolute atomic E-state index is 0.00643. The fraction of sp³-hybridized carbons (Fsp3) is 0.545. The lowest BCUT2D eigenvalue weighted by Crippen LogP contribution is -2.56. The summed E-state index contributed by atoms with van der Waals surface area (Å²) >= 11 is 0. The van der Waals surface area contributed by atoms with Crippen LogP contribution in [0.2, 0.25) is 6.32 Å². The Morgan fingerprint density at radius 1 is 1.33 bits per heavy atom. The second kappa shape index (κ2) is 8.88. The van der Waals surface area contributed by atoms with Crippen molar-refractivity contribution >= 4 is 18.6 Å². The zero-order valence-electron chi connectivity index (χ0n) is 19.0. The number of carboxylic acid groups (broad SMARTS) is 1. The minimum Gasteiger partial charge on any atom is -0.669 e. The van der Waals surface area contributed by atoms with Crippen LogP contribution < -0.4 is 14.7 Å². The highest BCUT2D eigenvalue weighted by Crippen LogP contribution is 2.39. The minimum atomic E-state index is -3.09. The summed E-state index contributed by atoms with van der Waals surface area (Å²) in [4.78, 5) is 28.2. The molecule has 2 fully saturated rings. The number of aryl methyl sites for hydroxylation is 1. The molecule has 4 rings (SSSR count). The number of nitrogens with zero attached hydrogens (tertiary/aromatic N) is 2. The second-order valence-corrected chi connectivity index (χ2v) is 9.44. The van der Waals surface area contributed by atoms with E-state index in [0.29, 0.717) is 31.5 Å². The molecule has 0 radical (unpaired) electrons.